The SMILES string of the molecule is CC(C)C(C)(C)CNC(=O)C(C(=O)O)C(C)(C)C. The van der Waals surface area contributed by atoms with Crippen molar-refractivity contribution in [2.75, 3.05) is 6.54 Å². The minimum absolute atomic E-state index is 0.0450. The van der Waals surface area contributed by atoms with Crippen molar-refractivity contribution >= 4 is 11.9 Å². The molecule has 2 N–H and O–H groups in total. The lowest BCUT2D eigenvalue weighted by molar-refractivity contribution is -0.151. The van der Waals surface area contributed by atoms with Gasteiger partial charge in [0, 0.05) is 6.54 Å². The zero-order chi connectivity index (χ0) is 14.7. The predicted molar refractivity (Wildman–Crippen MR) is 72.2 cm³/mol. The van der Waals surface area contributed by atoms with Gasteiger partial charge in [-0.05, 0) is 16.7 Å². The van der Waals surface area contributed by atoms with Crippen LogP contribution in [0.3, 0.4) is 0 Å². The average Bonchev–Trinajstić information content (AvgIpc) is 2.11. The monoisotopic (exact) mass is 257 g/mol. The molecule has 0 rings (SSSR count). The molecule has 0 bridgehead atoms. The molecule has 0 heterocycles. The fourth-order valence-corrected chi connectivity index (χ4v) is 1.50. The van der Waals surface area contributed by atoms with E-state index in [9.17, 15) is 9.59 Å². The number of aliphatic carboxylic acids is 1. The van der Waals surface area contributed by atoms with Crippen molar-refractivity contribution in [3.8, 4) is 0 Å². The Morgan fingerprint density at radius 1 is 1.11 bits per heavy atom. The number of amides is 1. The van der Waals surface area contributed by atoms with E-state index in [-0.39, 0.29) is 5.41 Å². The second kappa shape index (κ2) is 5.72. The topological polar surface area (TPSA) is 66.4 Å². The van der Waals surface area contributed by atoms with Crippen LogP contribution in [-0.4, -0.2) is 23.5 Å². The molecule has 106 valence electrons. The van der Waals surface area contributed by atoms with Crippen LogP contribution in [0, 0.1) is 22.7 Å². The zero-order valence-corrected chi connectivity index (χ0v) is 12.6. The quantitative estimate of drug-likeness (QED) is 0.744. The Morgan fingerprint density at radius 2 is 1.56 bits per heavy atom. The van der Waals surface area contributed by atoms with Crippen LogP contribution in [0.2, 0.25) is 0 Å². The maximum absolute atomic E-state index is 12.0. The number of rotatable bonds is 5. The van der Waals surface area contributed by atoms with Crippen molar-refractivity contribution in [2.45, 2.75) is 48.5 Å². The molecule has 0 aliphatic rings. The third-order valence-corrected chi connectivity index (χ3v) is 3.66. The summed E-state index contributed by atoms with van der Waals surface area (Å²) in [5.41, 5.74) is -0.630. The van der Waals surface area contributed by atoms with Crippen LogP contribution >= 0.6 is 0 Å². The van der Waals surface area contributed by atoms with Crippen molar-refractivity contribution in [3.63, 3.8) is 0 Å². The normalized spacial score (nSPS) is 14.4. The lowest BCUT2D eigenvalue weighted by Crippen LogP contribution is -2.46. The highest BCUT2D eigenvalue weighted by molar-refractivity contribution is 5.97. The van der Waals surface area contributed by atoms with Gasteiger partial charge in [-0.1, -0.05) is 48.5 Å². The smallest absolute Gasteiger partial charge is 0.316 e. The first-order valence-electron chi connectivity index (χ1n) is 6.40. The van der Waals surface area contributed by atoms with Crippen LogP contribution in [0.1, 0.15) is 48.5 Å². The van der Waals surface area contributed by atoms with Gasteiger partial charge in [-0.3, -0.25) is 9.59 Å². The molecule has 0 saturated carbocycles. The minimum atomic E-state index is -1.07. The van der Waals surface area contributed by atoms with E-state index < -0.39 is 23.2 Å². The molecule has 4 heteroatoms. The van der Waals surface area contributed by atoms with E-state index in [2.05, 4.69) is 33.0 Å². The van der Waals surface area contributed by atoms with Crippen LogP contribution in [0.25, 0.3) is 0 Å². The van der Waals surface area contributed by atoms with Gasteiger partial charge in [0.15, 0.2) is 0 Å². The molecule has 1 unspecified atom stereocenters. The summed E-state index contributed by atoms with van der Waals surface area (Å²) in [6.45, 7) is 14.1. The van der Waals surface area contributed by atoms with Crippen LogP contribution in [0.15, 0.2) is 0 Å². The Bertz CT molecular complexity index is 313. The molecule has 0 fully saturated rings. The van der Waals surface area contributed by atoms with E-state index in [0.29, 0.717) is 12.5 Å². The van der Waals surface area contributed by atoms with Gasteiger partial charge in [-0.25, -0.2) is 0 Å². The van der Waals surface area contributed by atoms with Gasteiger partial charge in [0.05, 0.1) is 0 Å². The third kappa shape index (κ3) is 4.67. The molecule has 0 aliphatic heterocycles. The first-order chi connectivity index (χ1) is 7.89. The van der Waals surface area contributed by atoms with Crippen molar-refractivity contribution in [2.24, 2.45) is 22.7 Å². The van der Waals surface area contributed by atoms with E-state index in [0.717, 1.165) is 0 Å². The van der Waals surface area contributed by atoms with Gasteiger partial charge < -0.3 is 10.4 Å². The summed E-state index contributed by atoms with van der Waals surface area (Å²) in [5, 5.41) is 11.9. The van der Waals surface area contributed by atoms with Crippen LogP contribution < -0.4 is 5.32 Å². The lowest BCUT2D eigenvalue weighted by Gasteiger charge is -2.31. The van der Waals surface area contributed by atoms with Crippen LogP contribution in [-0.2, 0) is 9.59 Å². The first kappa shape index (κ1) is 16.9. The van der Waals surface area contributed by atoms with Crippen molar-refractivity contribution in [3.05, 3.63) is 0 Å². The highest BCUT2D eigenvalue weighted by Crippen LogP contribution is 2.28. The lowest BCUT2D eigenvalue weighted by atomic mass is 9.78. The Labute approximate surface area is 110 Å². The van der Waals surface area contributed by atoms with Crippen molar-refractivity contribution in [1.82, 2.24) is 5.32 Å². The van der Waals surface area contributed by atoms with Gasteiger partial charge in [0.2, 0.25) is 5.91 Å². The van der Waals surface area contributed by atoms with Gasteiger partial charge in [-0.15, -0.1) is 0 Å². The molecule has 0 radical (unpaired) electrons. The number of hydrogen-bond acceptors (Lipinski definition) is 2. The number of nitrogens with one attached hydrogen (secondary N) is 1. The van der Waals surface area contributed by atoms with Crippen molar-refractivity contribution < 1.29 is 14.7 Å². The molecule has 0 spiro atoms. The van der Waals surface area contributed by atoms with E-state index in [1.807, 2.05) is 0 Å². The zero-order valence-electron chi connectivity index (χ0n) is 12.6. The van der Waals surface area contributed by atoms with Gasteiger partial charge in [0.1, 0.15) is 5.92 Å². The number of carbonyl (C=O) groups is 2. The molecule has 1 atom stereocenters. The van der Waals surface area contributed by atoms with E-state index in [1.165, 1.54) is 0 Å². The van der Waals surface area contributed by atoms with Gasteiger partial charge in [-0.2, -0.15) is 0 Å². The molecule has 0 aromatic heterocycles. The van der Waals surface area contributed by atoms with Gasteiger partial charge >= 0.3 is 5.97 Å². The molecular formula is C14H27NO3. The summed E-state index contributed by atoms with van der Waals surface area (Å²) >= 11 is 0. The fraction of sp³-hybridized carbons (Fsp3) is 0.857. The minimum Gasteiger partial charge on any atom is -0.481 e. The number of carboxylic acid groups (broad SMARTS) is 1. The number of hydrogen-bond donors (Lipinski definition) is 2. The second-order valence-corrected chi connectivity index (χ2v) is 7.00. The summed E-state index contributed by atoms with van der Waals surface area (Å²) < 4.78 is 0. The maximum Gasteiger partial charge on any atom is 0.316 e. The fourth-order valence-electron chi connectivity index (χ4n) is 1.50. The third-order valence-electron chi connectivity index (χ3n) is 3.66. The first-order valence-corrected chi connectivity index (χ1v) is 6.40. The number of carboxylic acids is 1. The molecule has 1 amide bonds. The van der Waals surface area contributed by atoms with Crippen LogP contribution in [0.4, 0.5) is 0 Å². The Morgan fingerprint density at radius 3 is 1.83 bits per heavy atom. The summed E-state index contributed by atoms with van der Waals surface area (Å²) in [6.07, 6.45) is 0. The van der Waals surface area contributed by atoms with Crippen molar-refractivity contribution in [1.29, 1.82) is 0 Å². The molecule has 0 aliphatic carbocycles. The summed E-state index contributed by atoms with van der Waals surface area (Å²) in [4.78, 5) is 23.2. The van der Waals surface area contributed by atoms with Crippen LogP contribution in [0.5, 0.6) is 0 Å². The highest BCUT2D eigenvalue weighted by atomic mass is 16.4. The average molecular weight is 257 g/mol. The van der Waals surface area contributed by atoms with E-state index >= 15 is 0 Å². The molecule has 18 heavy (non-hydrogen) atoms. The molecule has 0 saturated heterocycles. The largest absolute Gasteiger partial charge is 0.481 e. The Balaban J connectivity index is 4.71. The molecular weight excluding hydrogens is 230 g/mol. The van der Waals surface area contributed by atoms with E-state index in [1.54, 1.807) is 20.8 Å². The Kier molecular flexibility index (Phi) is 5.38. The number of carbonyl (C=O) groups excluding carboxylic acids is 1. The molecule has 4 nitrogen and oxygen atoms in total. The summed E-state index contributed by atoms with van der Waals surface area (Å²) in [6, 6.07) is 0. The summed E-state index contributed by atoms with van der Waals surface area (Å²) in [5.74, 6) is -2.07. The second-order valence-electron chi connectivity index (χ2n) is 7.00. The Hall–Kier alpha value is -1.06. The molecule has 0 aromatic carbocycles. The highest BCUT2D eigenvalue weighted by Gasteiger charge is 2.38. The van der Waals surface area contributed by atoms with Gasteiger partial charge in [0.25, 0.3) is 0 Å². The van der Waals surface area contributed by atoms with E-state index in [4.69, 9.17) is 5.11 Å². The molecule has 0 aromatic rings. The predicted octanol–water partition coefficient (Wildman–Crippen LogP) is 2.53. The maximum atomic E-state index is 12.0. The summed E-state index contributed by atoms with van der Waals surface area (Å²) in [7, 11) is 0. The standard InChI is InChI=1S/C14H27NO3/c1-9(2)14(6,7)8-15-11(16)10(12(17)18)13(3,4)5/h9-10H,8H2,1-7H3,(H,15,16)(H,17,18).